The number of piperidine rings is 4. The van der Waals surface area contributed by atoms with Crippen LogP contribution in [0.15, 0.2) is 60.7 Å². The third-order valence-corrected chi connectivity index (χ3v) is 12.4. The molecule has 8 rings (SSSR count). The summed E-state index contributed by atoms with van der Waals surface area (Å²) in [5.74, 6) is 0.190. The van der Waals surface area contributed by atoms with Crippen molar-refractivity contribution in [2.45, 2.75) is 69.4 Å². The molecule has 4 amide bonds. The summed E-state index contributed by atoms with van der Waals surface area (Å²) in [5, 5.41) is 11.9. The SMILES string of the molecule is N#Cc1ccc(N2CCC(Oc3ccc(C4CCN(CC5CCN(c6ccc7c(c6)C(=O)N(C6CCC(=O)NC6=O)C7=O)CC5)CC4)cc3)CC2)cc1Cl. The molecule has 12 heteroatoms. The van der Waals surface area contributed by atoms with Gasteiger partial charge in [-0.3, -0.25) is 29.4 Å². The number of nitriles is 1. The first kappa shape index (κ1) is 36.1. The lowest BCUT2D eigenvalue weighted by atomic mass is 9.88. The van der Waals surface area contributed by atoms with E-state index < -0.39 is 23.8 Å². The molecule has 4 saturated heterocycles. The Labute approximate surface area is 320 Å². The third kappa shape index (κ3) is 7.42. The standard InChI is InChI=1S/C42H45ClN6O5/c43-37-24-32(4-1-30(37)25-44)48-21-15-34(16-22-48)54-33-6-2-28(3-7-33)29-13-17-46(18-14-29)26-27-11-19-47(20-12-27)31-5-8-35-36(23-31)42(53)49(41(35)52)38-9-10-39(50)45-40(38)51/h1-8,23-24,27,29,34,38H,9-22,26H2,(H,45,50,51). The first-order valence-electron chi connectivity index (χ1n) is 19.3. The molecule has 280 valence electrons. The van der Waals surface area contributed by atoms with Crippen LogP contribution in [0.3, 0.4) is 0 Å². The van der Waals surface area contributed by atoms with Crippen LogP contribution in [0.1, 0.15) is 89.1 Å². The second-order valence-electron chi connectivity index (χ2n) is 15.3. The fourth-order valence-electron chi connectivity index (χ4n) is 8.88. The molecule has 3 aromatic carbocycles. The number of ether oxygens (including phenoxy) is 1. The molecule has 5 heterocycles. The molecule has 0 bridgehead atoms. The Morgan fingerprint density at radius 3 is 2.06 bits per heavy atom. The van der Waals surface area contributed by atoms with Crippen molar-refractivity contribution >= 4 is 46.6 Å². The number of fused-ring (bicyclic) bond motifs is 1. The van der Waals surface area contributed by atoms with Gasteiger partial charge in [0.25, 0.3) is 11.8 Å². The molecule has 5 aliphatic rings. The van der Waals surface area contributed by atoms with Gasteiger partial charge in [-0.1, -0.05) is 23.7 Å². The Balaban J connectivity index is 0.766. The quantitative estimate of drug-likeness (QED) is 0.287. The van der Waals surface area contributed by atoms with E-state index >= 15 is 0 Å². The zero-order valence-electron chi connectivity index (χ0n) is 30.3. The van der Waals surface area contributed by atoms with E-state index in [9.17, 15) is 19.2 Å². The summed E-state index contributed by atoms with van der Waals surface area (Å²) in [6.07, 6.45) is 6.72. The monoisotopic (exact) mass is 748 g/mol. The predicted octanol–water partition coefficient (Wildman–Crippen LogP) is 5.76. The highest BCUT2D eigenvalue weighted by atomic mass is 35.5. The highest BCUT2D eigenvalue weighted by molar-refractivity contribution is 6.32. The number of rotatable bonds is 8. The van der Waals surface area contributed by atoms with Crippen molar-refractivity contribution < 1.29 is 23.9 Å². The molecule has 1 N–H and O–H groups in total. The number of hydrogen-bond donors (Lipinski definition) is 1. The third-order valence-electron chi connectivity index (χ3n) is 12.0. The lowest BCUT2D eigenvalue weighted by molar-refractivity contribution is -0.136. The zero-order chi connectivity index (χ0) is 37.3. The van der Waals surface area contributed by atoms with E-state index in [0.717, 1.165) is 106 Å². The number of likely N-dealkylation sites (tertiary alicyclic amines) is 1. The van der Waals surface area contributed by atoms with Gasteiger partial charge in [-0.15, -0.1) is 0 Å². The number of carbonyl (C=O) groups is 4. The van der Waals surface area contributed by atoms with Crippen molar-refractivity contribution in [2.24, 2.45) is 5.92 Å². The molecule has 0 spiro atoms. The lowest BCUT2D eigenvalue weighted by Gasteiger charge is -2.38. The minimum Gasteiger partial charge on any atom is -0.490 e. The van der Waals surface area contributed by atoms with Crippen LogP contribution in [0.2, 0.25) is 5.02 Å². The van der Waals surface area contributed by atoms with E-state index in [0.29, 0.717) is 33.5 Å². The predicted molar refractivity (Wildman–Crippen MR) is 205 cm³/mol. The van der Waals surface area contributed by atoms with Crippen molar-refractivity contribution in [3.05, 3.63) is 87.9 Å². The van der Waals surface area contributed by atoms with Crippen LogP contribution in [0.25, 0.3) is 0 Å². The second-order valence-corrected chi connectivity index (χ2v) is 15.7. The van der Waals surface area contributed by atoms with Gasteiger partial charge >= 0.3 is 0 Å². The lowest BCUT2D eigenvalue weighted by Crippen LogP contribution is -2.54. The van der Waals surface area contributed by atoms with Crippen LogP contribution in [-0.4, -0.2) is 91.4 Å². The number of hydrogen-bond acceptors (Lipinski definition) is 9. The van der Waals surface area contributed by atoms with Crippen molar-refractivity contribution in [2.75, 3.05) is 55.6 Å². The minimum atomic E-state index is -0.955. The number of nitrogens with zero attached hydrogens (tertiary/aromatic N) is 5. The zero-order valence-corrected chi connectivity index (χ0v) is 31.1. The van der Waals surface area contributed by atoms with Crippen molar-refractivity contribution in [3.8, 4) is 11.8 Å². The molecular formula is C42H45ClN6O5. The molecule has 1 unspecified atom stereocenters. The Hall–Kier alpha value is -4.92. The number of nitrogens with one attached hydrogen (secondary N) is 1. The van der Waals surface area contributed by atoms with Gasteiger partial charge in [-0.2, -0.15) is 5.26 Å². The minimum absolute atomic E-state index is 0.105. The van der Waals surface area contributed by atoms with Gasteiger partial charge in [-0.05, 0) is 111 Å². The van der Waals surface area contributed by atoms with Gasteiger partial charge in [0.05, 0.1) is 21.7 Å². The van der Waals surface area contributed by atoms with Crippen LogP contribution in [0.5, 0.6) is 5.75 Å². The molecule has 4 fully saturated rings. The molecule has 0 aromatic heterocycles. The summed E-state index contributed by atoms with van der Waals surface area (Å²) in [5.41, 5.74) is 4.51. The normalized spacial score (nSPS) is 22.0. The maximum atomic E-state index is 13.3. The van der Waals surface area contributed by atoms with Crippen molar-refractivity contribution in [3.63, 3.8) is 0 Å². The number of amides is 4. The number of benzene rings is 3. The van der Waals surface area contributed by atoms with E-state index in [1.165, 1.54) is 5.56 Å². The Kier molecular flexibility index (Phi) is 10.3. The molecule has 0 saturated carbocycles. The van der Waals surface area contributed by atoms with Gasteiger partial charge in [0.2, 0.25) is 11.8 Å². The van der Waals surface area contributed by atoms with Gasteiger partial charge in [-0.25, -0.2) is 0 Å². The number of anilines is 2. The number of carbonyl (C=O) groups excluding carboxylic acids is 4. The Morgan fingerprint density at radius 1 is 0.741 bits per heavy atom. The Morgan fingerprint density at radius 2 is 1.39 bits per heavy atom. The second kappa shape index (κ2) is 15.4. The molecule has 1 atom stereocenters. The fourth-order valence-corrected chi connectivity index (χ4v) is 9.09. The highest BCUT2D eigenvalue weighted by Gasteiger charge is 2.45. The number of halogens is 1. The summed E-state index contributed by atoms with van der Waals surface area (Å²) in [6, 6.07) is 21.0. The molecule has 5 aliphatic heterocycles. The summed E-state index contributed by atoms with van der Waals surface area (Å²) in [4.78, 5) is 58.7. The molecule has 54 heavy (non-hydrogen) atoms. The van der Waals surface area contributed by atoms with Crippen LogP contribution in [0.4, 0.5) is 11.4 Å². The molecule has 3 aromatic rings. The maximum Gasteiger partial charge on any atom is 0.262 e. The van der Waals surface area contributed by atoms with Crippen LogP contribution >= 0.6 is 11.6 Å². The van der Waals surface area contributed by atoms with E-state index in [1.807, 2.05) is 18.2 Å². The van der Waals surface area contributed by atoms with Crippen molar-refractivity contribution in [1.82, 2.24) is 15.1 Å². The molecular weight excluding hydrogens is 704 g/mol. The largest absolute Gasteiger partial charge is 0.490 e. The van der Waals surface area contributed by atoms with Crippen molar-refractivity contribution in [1.29, 1.82) is 5.26 Å². The van der Waals surface area contributed by atoms with E-state index in [-0.39, 0.29) is 24.9 Å². The Bertz CT molecular complexity index is 1970. The highest BCUT2D eigenvalue weighted by Crippen LogP contribution is 2.34. The van der Waals surface area contributed by atoms with Gasteiger partial charge < -0.3 is 19.4 Å². The molecule has 0 aliphatic carbocycles. The van der Waals surface area contributed by atoms with Gasteiger partial charge in [0, 0.05) is 63.4 Å². The molecule has 0 radical (unpaired) electrons. The maximum absolute atomic E-state index is 13.3. The van der Waals surface area contributed by atoms with E-state index in [1.54, 1.807) is 18.2 Å². The summed E-state index contributed by atoms with van der Waals surface area (Å²) in [6.45, 7) is 6.83. The topological polar surface area (TPSA) is 126 Å². The van der Waals surface area contributed by atoms with Crippen LogP contribution < -0.4 is 19.9 Å². The first-order valence-corrected chi connectivity index (χ1v) is 19.7. The summed E-state index contributed by atoms with van der Waals surface area (Å²) >= 11 is 6.26. The fraction of sp³-hybridized carbons (Fsp3) is 0.452. The average molecular weight is 749 g/mol. The summed E-state index contributed by atoms with van der Waals surface area (Å²) in [7, 11) is 0. The van der Waals surface area contributed by atoms with Crippen LogP contribution in [0, 0.1) is 17.2 Å². The van der Waals surface area contributed by atoms with E-state index in [2.05, 4.69) is 50.4 Å². The van der Waals surface area contributed by atoms with Gasteiger partial charge in [0.15, 0.2) is 0 Å². The van der Waals surface area contributed by atoms with Crippen LogP contribution in [-0.2, 0) is 9.59 Å². The van der Waals surface area contributed by atoms with E-state index in [4.69, 9.17) is 21.6 Å². The smallest absolute Gasteiger partial charge is 0.262 e. The first-order chi connectivity index (χ1) is 26.2. The summed E-state index contributed by atoms with van der Waals surface area (Å²) < 4.78 is 6.38. The molecule has 11 nitrogen and oxygen atoms in total. The van der Waals surface area contributed by atoms with Gasteiger partial charge in [0.1, 0.15) is 24.0 Å². The number of imide groups is 2. The average Bonchev–Trinajstić information content (AvgIpc) is 3.44.